The molecule has 4 heteroatoms. The number of aryl methyl sites for hydroxylation is 1. The molecule has 1 amide bonds. The van der Waals surface area contributed by atoms with Gasteiger partial charge in [0.2, 0.25) is 0 Å². The molecular formula is C17H18BrNO2. The lowest BCUT2D eigenvalue weighted by molar-refractivity contribution is 0.102. The van der Waals surface area contributed by atoms with Crippen molar-refractivity contribution in [2.24, 2.45) is 0 Å². The number of ether oxygens (including phenoxy) is 1. The number of amides is 1. The summed E-state index contributed by atoms with van der Waals surface area (Å²) in [5.74, 6) is 0.536. The van der Waals surface area contributed by atoms with Gasteiger partial charge in [0.25, 0.3) is 5.91 Å². The van der Waals surface area contributed by atoms with Crippen LogP contribution < -0.4 is 10.1 Å². The highest BCUT2D eigenvalue weighted by atomic mass is 79.9. The SMILES string of the molecule is Cc1ccc(NC(=O)c2cccc(OC(C)C)c2)c(Br)c1. The fourth-order valence-corrected chi connectivity index (χ4v) is 2.49. The highest BCUT2D eigenvalue weighted by Gasteiger charge is 2.10. The standard InChI is InChI=1S/C17H18BrNO2/c1-11(2)21-14-6-4-5-13(10-14)17(20)19-16-8-7-12(3)9-15(16)18/h4-11H,1-3H3,(H,19,20). The molecule has 0 aliphatic carbocycles. The van der Waals surface area contributed by atoms with Crippen molar-refractivity contribution in [3.63, 3.8) is 0 Å². The van der Waals surface area contributed by atoms with Crippen molar-refractivity contribution in [2.75, 3.05) is 5.32 Å². The molecule has 0 radical (unpaired) electrons. The second kappa shape index (κ2) is 6.76. The Morgan fingerprint density at radius 2 is 1.95 bits per heavy atom. The first-order valence-corrected chi connectivity index (χ1v) is 7.59. The first-order chi connectivity index (χ1) is 9.95. The van der Waals surface area contributed by atoms with E-state index < -0.39 is 0 Å². The summed E-state index contributed by atoms with van der Waals surface area (Å²) < 4.78 is 6.47. The summed E-state index contributed by atoms with van der Waals surface area (Å²) in [6, 6.07) is 13.0. The van der Waals surface area contributed by atoms with Crippen LogP contribution in [-0.4, -0.2) is 12.0 Å². The van der Waals surface area contributed by atoms with Gasteiger partial charge in [-0.25, -0.2) is 0 Å². The van der Waals surface area contributed by atoms with E-state index in [0.29, 0.717) is 11.3 Å². The van der Waals surface area contributed by atoms with Gasteiger partial charge < -0.3 is 10.1 Å². The van der Waals surface area contributed by atoms with Crippen molar-refractivity contribution in [3.05, 3.63) is 58.1 Å². The van der Waals surface area contributed by atoms with E-state index in [-0.39, 0.29) is 12.0 Å². The first kappa shape index (κ1) is 15.6. The van der Waals surface area contributed by atoms with Crippen molar-refractivity contribution in [2.45, 2.75) is 26.9 Å². The van der Waals surface area contributed by atoms with Crippen molar-refractivity contribution in [1.82, 2.24) is 0 Å². The quantitative estimate of drug-likeness (QED) is 0.862. The van der Waals surface area contributed by atoms with Crippen LogP contribution in [0.15, 0.2) is 46.9 Å². The topological polar surface area (TPSA) is 38.3 Å². The summed E-state index contributed by atoms with van der Waals surface area (Å²) in [6.45, 7) is 5.91. The first-order valence-electron chi connectivity index (χ1n) is 6.80. The van der Waals surface area contributed by atoms with E-state index in [4.69, 9.17) is 4.74 Å². The molecule has 2 aromatic rings. The Bertz CT molecular complexity index is 653. The van der Waals surface area contributed by atoms with E-state index in [1.54, 1.807) is 12.1 Å². The predicted molar refractivity (Wildman–Crippen MR) is 89.0 cm³/mol. The molecule has 0 fully saturated rings. The molecule has 110 valence electrons. The van der Waals surface area contributed by atoms with Gasteiger partial charge in [0.15, 0.2) is 0 Å². The largest absolute Gasteiger partial charge is 0.491 e. The zero-order chi connectivity index (χ0) is 15.4. The van der Waals surface area contributed by atoms with Crippen LogP contribution in [0.4, 0.5) is 5.69 Å². The van der Waals surface area contributed by atoms with Crippen molar-refractivity contribution < 1.29 is 9.53 Å². The van der Waals surface area contributed by atoms with Crippen LogP contribution in [-0.2, 0) is 0 Å². The zero-order valence-electron chi connectivity index (χ0n) is 12.3. The lowest BCUT2D eigenvalue weighted by atomic mass is 10.2. The highest BCUT2D eigenvalue weighted by Crippen LogP contribution is 2.24. The highest BCUT2D eigenvalue weighted by molar-refractivity contribution is 9.10. The van der Waals surface area contributed by atoms with Crippen molar-refractivity contribution >= 4 is 27.5 Å². The van der Waals surface area contributed by atoms with Gasteiger partial charge >= 0.3 is 0 Å². The number of halogens is 1. The fourth-order valence-electron chi connectivity index (χ4n) is 1.90. The van der Waals surface area contributed by atoms with Gasteiger partial charge in [0.05, 0.1) is 11.8 Å². The van der Waals surface area contributed by atoms with Gasteiger partial charge in [-0.15, -0.1) is 0 Å². The number of hydrogen-bond acceptors (Lipinski definition) is 2. The number of rotatable bonds is 4. The van der Waals surface area contributed by atoms with E-state index in [1.165, 1.54) is 0 Å². The van der Waals surface area contributed by atoms with Gasteiger partial charge in [-0.05, 0) is 72.6 Å². The number of nitrogens with one attached hydrogen (secondary N) is 1. The number of benzene rings is 2. The molecule has 0 atom stereocenters. The third kappa shape index (κ3) is 4.33. The van der Waals surface area contributed by atoms with Gasteiger partial charge in [0, 0.05) is 10.0 Å². The summed E-state index contributed by atoms with van der Waals surface area (Å²) >= 11 is 3.46. The van der Waals surface area contributed by atoms with E-state index in [0.717, 1.165) is 15.7 Å². The lowest BCUT2D eigenvalue weighted by Gasteiger charge is -2.12. The summed E-state index contributed by atoms with van der Waals surface area (Å²) in [5, 5.41) is 2.89. The van der Waals surface area contributed by atoms with Crippen LogP contribution >= 0.6 is 15.9 Å². The maximum atomic E-state index is 12.3. The molecule has 1 N–H and O–H groups in total. The van der Waals surface area contributed by atoms with Gasteiger partial charge in [0.1, 0.15) is 5.75 Å². The minimum Gasteiger partial charge on any atom is -0.491 e. The second-order valence-corrected chi connectivity index (χ2v) is 5.99. The maximum Gasteiger partial charge on any atom is 0.255 e. The fraction of sp³-hybridized carbons (Fsp3) is 0.235. The molecule has 0 spiro atoms. The molecular weight excluding hydrogens is 330 g/mol. The second-order valence-electron chi connectivity index (χ2n) is 5.13. The summed E-state index contributed by atoms with van der Waals surface area (Å²) in [5.41, 5.74) is 2.45. The zero-order valence-corrected chi connectivity index (χ0v) is 13.9. The average Bonchev–Trinajstić information content (AvgIpc) is 2.41. The minimum absolute atomic E-state index is 0.0783. The van der Waals surface area contributed by atoms with Crippen LogP contribution in [0.2, 0.25) is 0 Å². The minimum atomic E-state index is -0.159. The number of carbonyl (C=O) groups is 1. The van der Waals surface area contributed by atoms with E-state index in [2.05, 4.69) is 21.2 Å². The molecule has 2 aromatic carbocycles. The maximum absolute atomic E-state index is 12.3. The van der Waals surface area contributed by atoms with E-state index in [1.807, 2.05) is 51.1 Å². The van der Waals surface area contributed by atoms with Crippen molar-refractivity contribution in [1.29, 1.82) is 0 Å². The molecule has 0 aliphatic rings. The van der Waals surface area contributed by atoms with Gasteiger partial charge in [-0.2, -0.15) is 0 Å². The Labute approximate surface area is 133 Å². The van der Waals surface area contributed by atoms with Crippen molar-refractivity contribution in [3.8, 4) is 5.75 Å². The average molecular weight is 348 g/mol. The Balaban J connectivity index is 2.16. The normalized spacial score (nSPS) is 10.5. The molecule has 0 heterocycles. The summed E-state index contributed by atoms with van der Waals surface area (Å²) in [6.07, 6.45) is 0.0783. The third-order valence-electron chi connectivity index (χ3n) is 2.84. The Morgan fingerprint density at radius 3 is 2.62 bits per heavy atom. The predicted octanol–water partition coefficient (Wildman–Crippen LogP) is 4.80. The van der Waals surface area contributed by atoms with E-state index >= 15 is 0 Å². The van der Waals surface area contributed by atoms with Crippen LogP contribution in [0.5, 0.6) is 5.75 Å². The molecule has 0 aromatic heterocycles. The number of carbonyl (C=O) groups excluding carboxylic acids is 1. The van der Waals surface area contributed by atoms with Gasteiger partial charge in [-0.1, -0.05) is 12.1 Å². The molecule has 21 heavy (non-hydrogen) atoms. The summed E-state index contributed by atoms with van der Waals surface area (Å²) in [7, 11) is 0. The Kier molecular flexibility index (Phi) is 5.02. The number of hydrogen-bond donors (Lipinski definition) is 1. The molecule has 0 aliphatic heterocycles. The molecule has 2 rings (SSSR count). The Hall–Kier alpha value is -1.81. The molecule has 0 saturated heterocycles. The smallest absolute Gasteiger partial charge is 0.255 e. The monoisotopic (exact) mass is 347 g/mol. The molecule has 0 bridgehead atoms. The van der Waals surface area contributed by atoms with Crippen LogP contribution in [0.1, 0.15) is 29.8 Å². The van der Waals surface area contributed by atoms with E-state index in [9.17, 15) is 4.79 Å². The van der Waals surface area contributed by atoms with Gasteiger partial charge in [-0.3, -0.25) is 4.79 Å². The Morgan fingerprint density at radius 1 is 1.19 bits per heavy atom. The summed E-state index contributed by atoms with van der Waals surface area (Å²) in [4.78, 5) is 12.3. The lowest BCUT2D eigenvalue weighted by Crippen LogP contribution is -2.13. The third-order valence-corrected chi connectivity index (χ3v) is 3.50. The van der Waals surface area contributed by atoms with Crippen LogP contribution in [0.3, 0.4) is 0 Å². The van der Waals surface area contributed by atoms with Crippen LogP contribution in [0.25, 0.3) is 0 Å². The number of anilines is 1. The molecule has 0 saturated carbocycles. The molecule has 3 nitrogen and oxygen atoms in total. The molecule has 0 unspecified atom stereocenters. The van der Waals surface area contributed by atoms with Crippen LogP contribution in [0, 0.1) is 6.92 Å².